The fraction of sp³-hybridized carbons (Fsp3) is 0.385. The van der Waals surface area contributed by atoms with Crippen LogP contribution in [-0.4, -0.2) is 55.9 Å². The van der Waals surface area contributed by atoms with Crippen LogP contribution in [0.3, 0.4) is 0 Å². The SMILES string of the molecule is CCc1ccc(OCC(=O)CC(C)=O)cc1.[Ca]. The van der Waals surface area contributed by atoms with Crippen LogP contribution in [0.1, 0.15) is 25.8 Å². The largest absolute Gasteiger partial charge is 0.486 e. The maximum absolute atomic E-state index is 11.2. The number of hydrogen-bond donors (Lipinski definition) is 0. The van der Waals surface area contributed by atoms with Crippen LogP contribution in [0.4, 0.5) is 0 Å². The van der Waals surface area contributed by atoms with Crippen LogP contribution in [0.5, 0.6) is 5.75 Å². The molecule has 1 aromatic carbocycles. The van der Waals surface area contributed by atoms with E-state index in [1.807, 2.05) is 24.3 Å². The minimum atomic E-state index is -0.188. The number of carbonyl (C=O) groups is 2. The summed E-state index contributed by atoms with van der Waals surface area (Å²) in [7, 11) is 0. The Morgan fingerprint density at radius 2 is 1.76 bits per heavy atom. The summed E-state index contributed by atoms with van der Waals surface area (Å²) < 4.78 is 5.27. The molecule has 0 amide bonds. The van der Waals surface area contributed by atoms with Gasteiger partial charge >= 0.3 is 0 Å². The van der Waals surface area contributed by atoms with Gasteiger partial charge in [0, 0.05) is 37.7 Å². The fourth-order valence-electron chi connectivity index (χ4n) is 1.31. The van der Waals surface area contributed by atoms with Crippen molar-refractivity contribution in [3.8, 4) is 5.75 Å². The zero-order valence-corrected chi connectivity index (χ0v) is 12.6. The Balaban J connectivity index is 0.00000256. The summed E-state index contributed by atoms with van der Waals surface area (Å²) >= 11 is 0. The van der Waals surface area contributed by atoms with Gasteiger partial charge in [0.1, 0.15) is 18.1 Å². The fourth-order valence-corrected chi connectivity index (χ4v) is 1.31. The Kier molecular flexibility index (Phi) is 8.48. The van der Waals surface area contributed by atoms with E-state index in [0.717, 1.165) is 6.42 Å². The molecular formula is C13H16CaO3. The zero-order chi connectivity index (χ0) is 12.0. The molecule has 0 atom stereocenters. The minimum absolute atomic E-state index is 0. The van der Waals surface area contributed by atoms with E-state index in [1.54, 1.807) is 0 Å². The van der Waals surface area contributed by atoms with E-state index in [9.17, 15) is 9.59 Å². The summed E-state index contributed by atoms with van der Waals surface area (Å²) in [4.78, 5) is 21.9. The Labute approximate surface area is 132 Å². The van der Waals surface area contributed by atoms with Crippen LogP contribution in [0.15, 0.2) is 24.3 Å². The monoisotopic (exact) mass is 260 g/mol. The molecule has 0 aliphatic heterocycles. The summed E-state index contributed by atoms with van der Waals surface area (Å²) in [6.45, 7) is 3.44. The first-order valence-electron chi connectivity index (χ1n) is 5.34. The third-order valence-corrected chi connectivity index (χ3v) is 2.18. The van der Waals surface area contributed by atoms with Gasteiger partial charge in [-0.25, -0.2) is 0 Å². The molecule has 0 aliphatic carbocycles. The van der Waals surface area contributed by atoms with Gasteiger partial charge in [0.15, 0.2) is 5.78 Å². The van der Waals surface area contributed by atoms with Crippen molar-refractivity contribution in [3.63, 3.8) is 0 Å². The number of carbonyl (C=O) groups excluding carboxylic acids is 2. The molecule has 1 aromatic rings. The second kappa shape index (κ2) is 8.67. The average molecular weight is 260 g/mol. The van der Waals surface area contributed by atoms with Crippen molar-refractivity contribution in [1.29, 1.82) is 0 Å². The third kappa shape index (κ3) is 6.81. The number of Topliss-reactive ketones (excluding diaryl/α,β-unsaturated/α-hetero) is 2. The van der Waals surface area contributed by atoms with Gasteiger partial charge in [-0.3, -0.25) is 9.59 Å². The van der Waals surface area contributed by atoms with E-state index in [-0.39, 0.29) is 62.3 Å². The number of aryl methyl sites for hydroxylation is 1. The molecule has 0 aromatic heterocycles. The van der Waals surface area contributed by atoms with Crippen molar-refractivity contribution < 1.29 is 14.3 Å². The molecule has 1 rings (SSSR count). The number of benzene rings is 1. The average Bonchev–Trinajstić information content (AvgIpc) is 2.26. The normalized spacial score (nSPS) is 9.29. The zero-order valence-electron chi connectivity index (χ0n) is 10.4. The number of rotatable bonds is 6. The van der Waals surface area contributed by atoms with Gasteiger partial charge in [-0.1, -0.05) is 19.1 Å². The molecular weight excluding hydrogens is 244 g/mol. The van der Waals surface area contributed by atoms with Crippen LogP contribution >= 0.6 is 0 Å². The third-order valence-electron chi connectivity index (χ3n) is 2.18. The number of hydrogen-bond acceptors (Lipinski definition) is 3. The molecule has 0 spiro atoms. The smallest absolute Gasteiger partial charge is 0.177 e. The topological polar surface area (TPSA) is 43.4 Å². The van der Waals surface area contributed by atoms with Gasteiger partial charge in [0.25, 0.3) is 0 Å². The van der Waals surface area contributed by atoms with Gasteiger partial charge in [-0.05, 0) is 31.0 Å². The molecule has 2 radical (unpaired) electrons. The van der Waals surface area contributed by atoms with E-state index >= 15 is 0 Å². The van der Waals surface area contributed by atoms with Crippen molar-refractivity contribution in [2.24, 2.45) is 0 Å². The molecule has 0 heterocycles. The van der Waals surface area contributed by atoms with Crippen molar-refractivity contribution in [2.75, 3.05) is 6.61 Å². The Morgan fingerprint density at radius 1 is 1.18 bits per heavy atom. The number of ketones is 2. The first-order valence-corrected chi connectivity index (χ1v) is 5.34. The first-order chi connectivity index (χ1) is 7.61. The molecule has 0 saturated carbocycles. The number of ether oxygens (including phenoxy) is 1. The van der Waals surface area contributed by atoms with E-state index in [0.29, 0.717) is 5.75 Å². The Morgan fingerprint density at radius 3 is 2.24 bits per heavy atom. The second-order valence-corrected chi connectivity index (χ2v) is 3.70. The van der Waals surface area contributed by atoms with Gasteiger partial charge in [0.05, 0.1) is 6.42 Å². The van der Waals surface area contributed by atoms with Crippen LogP contribution in [0.2, 0.25) is 0 Å². The molecule has 0 bridgehead atoms. The predicted octanol–water partition coefficient (Wildman–Crippen LogP) is 1.80. The van der Waals surface area contributed by atoms with Gasteiger partial charge in [-0.2, -0.15) is 0 Å². The molecule has 0 N–H and O–H groups in total. The van der Waals surface area contributed by atoms with Crippen molar-refractivity contribution in [1.82, 2.24) is 0 Å². The standard InChI is InChI=1S/C13H16O3.Ca/c1-3-11-4-6-13(7-5-11)16-9-12(15)8-10(2)14;/h4-7H,3,8-9H2,1-2H3;. The summed E-state index contributed by atoms with van der Waals surface area (Å²) in [6, 6.07) is 7.59. The quantitative estimate of drug-likeness (QED) is 0.578. The predicted molar refractivity (Wildman–Crippen MR) is 67.4 cm³/mol. The van der Waals surface area contributed by atoms with Crippen LogP contribution < -0.4 is 4.74 Å². The molecule has 88 valence electrons. The molecule has 0 aliphatic rings. The van der Waals surface area contributed by atoms with Gasteiger partial charge in [0.2, 0.25) is 0 Å². The summed E-state index contributed by atoms with van der Waals surface area (Å²) in [5.41, 5.74) is 1.22. The van der Waals surface area contributed by atoms with E-state index in [2.05, 4.69) is 6.92 Å². The van der Waals surface area contributed by atoms with Crippen molar-refractivity contribution in [2.45, 2.75) is 26.7 Å². The first kappa shape index (κ1) is 16.6. The second-order valence-electron chi connectivity index (χ2n) is 3.70. The summed E-state index contributed by atoms with van der Waals surface area (Å²) in [6.07, 6.45) is 0.927. The minimum Gasteiger partial charge on any atom is -0.486 e. The summed E-state index contributed by atoms with van der Waals surface area (Å²) in [5.74, 6) is 0.344. The maximum Gasteiger partial charge on any atom is 0.177 e. The van der Waals surface area contributed by atoms with Gasteiger partial charge < -0.3 is 4.74 Å². The van der Waals surface area contributed by atoms with Crippen molar-refractivity contribution >= 4 is 49.3 Å². The Hall–Kier alpha value is -0.380. The van der Waals surface area contributed by atoms with Crippen LogP contribution in [0.25, 0.3) is 0 Å². The van der Waals surface area contributed by atoms with E-state index < -0.39 is 0 Å². The van der Waals surface area contributed by atoms with Gasteiger partial charge in [-0.15, -0.1) is 0 Å². The maximum atomic E-state index is 11.2. The molecule has 3 nitrogen and oxygen atoms in total. The molecule has 4 heteroatoms. The molecule has 0 fully saturated rings. The van der Waals surface area contributed by atoms with E-state index in [1.165, 1.54) is 12.5 Å². The van der Waals surface area contributed by atoms with Crippen LogP contribution in [0, 0.1) is 0 Å². The van der Waals surface area contributed by atoms with Crippen molar-refractivity contribution in [3.05, 3.63) is 29.8 Å². The molecule has 0 unspecified atom stereocenters. The molecule has 0 saturated heterocycles. The van der Waals surface area contributed by atoms with Crippen LogP contribution in [-0.2, 0) is 16.0 Å². The molecule has 17 heavy (non-hydrogen) atoms. The Bertz CT molecular complexity index is 371. The van der Waals surface area contributed by atoms with E-state index in [4.69, 9.17) is 4.74 Å². The summed E-state index contributed by atoms with van der Waals surface area (Å²) in [5, 5.41) is 0.